The van der Waals surface area contributed by atoms with E-state index < -0.39 is 20.0 Å². The molecule has 0 atom stereocenters. The van der Waals surface area contributed by atoms with Crippen molar-refractivity contribution < 1.29 is 16.8 Å². The minimum Gasteiger partial charge on any atom is -0.284 e. The molecule has 1 aliphatic heterocycles. The fourth-order valence-corrected chi connectivity index (χ4v) is 9.02. The Morgan fingerprint density at radius 3 is 2.37 bits per heavy atom. The first-order valence-electron chi connectivity index (χ1n) is 10.6. The summed E-state index contributed by atoms with van der Waals surface area (Å²) in [5, 5.41) is 2.15. The molecule has 2 heterocycles. The monoisotopic (exact) mass is 542 g/mol. The van der Waals surface area contributed by atoms with E-state index in [0.29, 0.717) is 26.6 Å². The molecule has 0 fully saturated rings. The number of fused-ring (bicyclic) bond motifs is 1. The molecular formula is C25H19ClN2O4S3. The Morgan fingerprint density at radius 2 is 1.63 bits per heavy atom. The molecule has 178 valence electrons. The van der Waals surface area contributed by atoms with Gasteiger partial charge < -0.3 is 0 Å². The second-order valence-electron chi connectivity index (χ2n) is 7.78. The van der Waals surface area contributed by atoms with Crippen LogP contribution >= 0.6 is 22.9 Å². The molecule has 0 amide bonds. The van der Waals surface area contributed by atoms with Crippen molar-refractivity contribution >= 4 is 54.4 Å². The van der Waals surface area contributed by atoms with Crippen LogP contribution in [0.3, 0.4) is 0 Å². The van der Waals surface area contributed by atoms with E-state index in [1.807, 2.05) is 18.2 Å². The molecule has 4 aromatic rings. The smallest absolute Gasteiger partial charge is 0.284 e. The van der Waals surface area contributed by atoms with Gasteiger partial charge in [-0.05, 0) is 59.8 Å². The Labute approximate surface area is 213 Å². The molecule has 3 aromatic carbocycles. The lowest BCUT2D eigenvalue weighted by Crippen LogP contribution is -2.36. The number of sulfonamides is 2. The van der Waals surface area contributed by atoms with Gasteiger partial charge in [-0.25, -0.2) is 8.42 Å². The largest absolute Gasteiger partial charge is 0.287 e. The van der Waals surface area contributed by atoms with Gasteiger partial charge in [0, 0.05) is 22.7 Å². The van der Waals surface area contributed by atoms with E-state index in [4.69, 9.17) is 11.6 Å². The van der Waals surface area contributed by atoms with Crippen molar-refractivity contribution in [2.45, 2.75) is 15.5 Å². The van der Waals surface area contributed by atoms with Crippen LogP contribution in [0.5, 0.6) is 0 Å². The lowest BCUT2D eigenvalue weighted by molar-refractivity contribution is 0.585. The second kappa shape index (κ2) is 9.23. The Hall–Kier alpha value is -2.98. The lowest BCUT2D eigenvalue weighted by atomic mass is 9.93. The van der Waals surface area contributed by atoms with Crippen LogP contribution in [-0.4, -0.2) is 29.1 Å². The van der Waals surface area contributed by atoms with E-state index in [-0.39, 0.29) is 14.8 Å². The third-order valence-electron chi connectivity index (χ3n) is 5.54. The van der Waals surface area contributed by atoms with Gasteiger partial charge in [0.25, 0.3) is 20.0 Å². The molecule has 10 heteroatoms. The van der Waals surface area contributed by atoms with Gasteiger partial charge in [0.1, 0.15) is 4.21 Å². The highest BCUT2D eigenvalue weighted by Gasteiger charge is 2.37. The number of rotatable bonds is 6. The quantitative estimate of drug-likeness (QED) is 0.327. The fourth-order valence-electron chi connectivity index (χ4n) is 3.96. The maximum atomic E-state index is 13.7. The van der Waals surface area contributed by atoms with Gasteiger partial charge in [-0.3, -0.25) is 4.99 Å². The highest BCUT2D eigenvalue weighted by atomic mass is 35.5. The summed E-state index contributed by atoms with van der Waals surface area (Å²) in [6, 6.07) is 22.5. The molecule has 5 rings (SSSR count). The fraction of sp³-hybridized carbons (Fsp3) is 0.0800. The van der Waals surface area contributed by atoms with Crippen LogP contribution in [0.1, 0.15) is 16.7 Å². The molecule has 0 radical (unpaired) electrons. The van der Waals surface area contributed by atoms with E-state index in [1.54, 1.807) is 47.8 Å². The summed E-state index contributed by atoms with van der Waals surface area (Å²) in [6.45, 7) is 0.563. The highest BCUT2D eigenvalue weighted by molar-refractivity contribution is 8.11. The number of anilines is 1. The van der Waals surface area contributed by atoms with E-state index in [2.05, 4.69) is 4.99 Å². The van der Waals surface area contributed by atoms with E-state index in [1.165, 1.54) is 24.3 Å². The second-order valence-corrected chi connectivity index (χ2v) is 13.2. The van der Waals surface area contributed by atoms with Crippen molar-refractivity contribution in [2.24, 2.45) is 4.99 Å². The standard InChI is InChI=1S/C25H19ClN2O4S3/c26-20-12-11-18-13-14-27-25(23(18)17-20)19-6-4-7-21(16-19)28(35(31,32)24-10-5-15-33-24)34(29,30)22-8-2-1-3-9-22/h1-12,15-17H,13-14H2. The van der Waals surface area contributed by atoms with Gasteiger partial charge in [-0.15, -0.1) is 11.3 Å². The number of nitrogens with zero attached hydrogens (tertiary/aromatic N) is 2. The van der Waals surface area contributed by atoms with Gasteiger partial charge >= 0.3 is 0 Å². The summed E-state index contributed by atoms with van der Waals surface area (Å²) in [5.74, 6) is 0. The van der Waals surface area contributed by atoms with E-state index in [9.17, 15) is 16.8 Å². The molecule has 0 saturated heterocycles. The summed E-state index contributed by atoms with van der Waals surface area (Å²) < 4.78 is 55.2. The van der Waals surface area contributed by atoms with E-state index >= 15 is 0 Å². The predicted molar refractivity (Wildman–Crippen MR) is 140 cm³/mol. The zero-order valence-corrected chi connectivity index (χ0v) is 21.4. The Bertz CT molecular complexity index is 1630. The molecule has 1 aromatic heterocycles. The van der Waals surface area contributed by atoms with Crippen molar-refractivity contribution in [3.05, 3.63) is 112 Å². The third kappa shape index (κ3) is 4.40. The zero-order valence-electron chi connectivity index (χ0n) is 18.2. The normalized spacial score (nSPS) is 13.7. The Kier molecular flexibility index (Phi) is 6.27. The van der Waals surface area contributed by atoms with Crippen molar-refractivity contribution in [3.8, 4) is 0 Å². The van der Waals surface area contributed by atoms with Crippen molar-refractivity contribution in [2.75, 3.05) is 10.3 Å². The lowest BCUT2D eigenvalue weighted by Gasteiger charge is -2.24. The van der Waals surface area contributed by atoms with Crippen LogP contribution in [-0.2, 0) is 26.5 Å². The molecule has 0 unspecified atom stereocenters. The van der Waals surface area contributed by atoms with Gasteiger partial charge in [0.15, 0.2) is 0 Å². The molecule has 0 bridgehead atoms. The number of thiophene rings is 1. The number of benzene rings is 3. The molecule has 0 saturated carbocycles. The van der Waals surface area contributed by atoms with Gasteiger partial charge in [-0.2, -0.15) is 12.1 Å². The summed E-state index contributed by atoms with van der Waals surface area (Å²) >= 11 is 7.19. The van der Waals surface area contributed by atoms with Crippen LogP contribution in [0, 0.1) is 0 Å². The maximum Gasteiger partial charge on any atom is 0.287 e. The topological polar surface area (TPSA) is 83.9 Å². The first-order valence-corrected chi connectivity index (χ1v) is 14.7. The Morgan fingerprint density at radius 1 is 0.829 bits per heavy atom. The van der Waals surface area contributed by atoms with E-state index in [0.717, 1.165) is 28.9 Å². The SMILES string of the molecule is O=S(=O)(c1ccccc1)N(c1cccc(C2=NCCc3ccc(Cl)cc32)c1)S(=O)(=O)c1cccs1. The van der Waals surface area contributed by atoms with Crippen LogP contribution in [0.15, 0.2) is 104 Å². The number of hydrogen-bond acceptors (Lipinski definition) is 6. The van der Waals surface area contributed by atoms with Crippen LogP contribution in [0.2, 0.25) is 5.02 Å². The minimum absolute atomic E-state index is 0.00314. The molecule has 0 N–H and O–H groups in total. The minimum atomic E-state index is -4.46. The van der Waals surface area contributed by atoms with Gasteiger partial charge in [0.05, 0.1) is 16.3 Å². The summed E-state index contributed by atoms with van der Waals surface area (Å²) in [5.41, 5.74) is 3.15. The summed E-state index contributed by atoms with van der Waals surface area (Å²) in [4.78, 5) is 4.53. The van der Waals surface area contributed by atoms with Crippen molar-refractivity contribution in [1.29, 1.82) is 0 Å². The molecule has 1 aliphatic rings. The van der Waals surface area contributed by atoms with Gasteiger partial charge in [-0.1, -0.05) is 54.1 Å². The number of aliphatic imine (C=N–C) groups is 1. The zero-order chi connectivity index (χ0) is 24.6. The summed E-state index contributed by atoms with van der Waals surface area (Å²) in [6.07, 6.45) is 0.761. The van der Waals surface area contributed by atoms with Crippen molar-refractivity contribution in [3.63, 3.8) is 0 Å². The molecule has 6 nitrogen and oxygen atoms in total. The highest BCUT2D eigenvalue weighted by Crippen LogP contribution is 2.34. The molecule has 0 spiro atoms. The predicted octanol–water partition coefficient (Wildman–Crippen LogP) is 5.38. The average molecular weight is 543 g/mol. The van der Waals surface area contributed by atoms with Crippen LogP contribution in [0.4, 0.5) is 5.69 Å². The van der Waals surface area contributed by atoms with Crippen molar-refractivity contribution in [1.82, 2.24) is 0 Å². The van der Waals surface area contributed by atoms with Crippen LogP contribution < -0.4 is 3.71 Å². The third-order valence-corrected chi connectivity index (χ3v) is 11.3. The summed E-state index contributed by atoms with van der Waals surface area (Å²) in [7, 11) is -8.89. The number of hydrogen-bond donors (Lipinski definition) is 0. The molecular weight excluding hydrogens is 524 g/mol. The number of halogens is 1. The van der Waals surface area contributed by atoms with Crippen LogP contribution in [0.25, 0.3) is 0 Å². The Balaban J connectivity index is 1.69. The molecule has 0 aliphatic carbocycles. The maximum absolute atomic E-state index is 13.7. The van der Waals surface area contributed by atoms with Gasteiger partial charge in [0.2, 0.25) is 0 Å². The first kappa shape index (κ1) is 23.7. The molecule has 35 heavy (non-hydrogen) atoms. The first-order chi connectivity index (χ1) is 16.8. The average Bonchev–Trinajstić information content (AvgIpc) is 3.40.